The molecule has 6 nitrogen and oxygen atoms in total. The monoisotopic (exact) mass is 325 g/mol. The zero-order chi connectivity index (χ0) is 16.8. The highest BCUT2D eigenvalue weighted by atomic mass is 16.1. The second-order valence-electron chi connectivity index (χ2n) is 6.01. The third-order valence-corrected chi connectivity index (χ3v) is 4.19. The third kappa shape index (κ3) is 4.22. The summed E-state index contributed by atoms with van der Waals surface area (Å²) in [6.45, 7) is 2.20. The summed E-state index contributed by atoms with van der Waals surface area (Å²) in [6.07, 6.45) is 6.03. The lowest BCUT2D eigenvalue weighted by molar-refractivity contribution is -0.121. The van der Waals surface area contributed by atoms with Gasteiger partial charge in [-0.25, -0.2) is 9.97 Å². The Bertz CT molecular complexity index is 689. The first kappa shape index (κ1) is 16.2. The van der Waals surface area contributed by atoms with E-state index in [1.54, 1.807) is 18.5 Å². The fourth-order valence-corrected chi connectivity index (χ4v) is 2.92. The van der Waals surface area contributed by atoms with Crippen molar-refractivity contribution in [1.82, 2.24) is 15.3 Å². The molecule has 1 aromatic carbocycles. The van der Waals surface area contributed by atoms with E-state index in [0.29, 0.717) is 25.5 Å². The van der Waals surface area contributed by atoms with Crippen LogP contribution < -0.4 is 15.5 Å². The first-order valence-electron chi connectivity index (χ1n) is 8.33. The Kier molecular flexibility index (Phi) is 5.25. The van der Waals surface area contributed by atoms with E-state index in [1.165, 1.54) is 17.7 Å². The number of amides is 1. The minimum atomic E-state index is 0.0215. The molecule has 2 aromatic rings. The predicted molar refractivity (Wildman–Crippen MR) is 95.0 cm³/mol. The molecule has 1 amide bonds. The minimum Gasteiger partial charge on any atom is -0.374 e. The van der Waals surface area contributed by atoms with Crippen molar-refractivity contribution >= 4 is 17.5 Å². The van der Waals surface area contributed by atoms with Gasteiger partial charge < -0.3 is 15.5 Å². The van der Waals surface area contributed by atoms with E-state index in [4.69, 9.17) is 0 Å². The molecule has 0 bridgehead atoms. The Hall–Kier alpha value is -2.63. The Morgan fingerprint density at radius 2 is 2.12 bits per heavy atom. The first-order valence-corrected chi connectivity index (χ1v) is 8.33. The van der Waals surface area contributed by atoms with E-state index in [2.05, 4.69) is 50.7 Å². The van der Waals surface area contributed by atoms with Gasteiger partial charge in [-0.2, -0.15) is 0 Å². The maximum absolute atomic E-state index is 11.9. The highest BCUT2D eigenvalue weighted by Crippen LogP contribution is 2.26. The molecule has 0 saturated heterocycles. The topological polar surface area (TPSA) is 70.2 Å². The van der Waals surface area contributed by atoms with Crippen molar-refractivity contribution in [2.75, 3.05) is 30.4 Å². The molecule has 0 spiro atoms. The fraction of sp³-hybridized carbons (Fsp3) is 0.389. The molecule has 0 radical (unpaired) electrons. The van der Waals surface area contributed by atoms with Crippen molar-refractivity contribution in [2.24, 2.45) is 0 Å². The van der Waals surface area contributed by atoms with Gasteiger partial charge in [0.05, 0.1) is 0 Å². The van der Waals surface area contributed by atoms with Crippen LogP contribution in [0.3, 0.4) is 0 Å². The lowest BCUT2D eigenvalue weighted by Crippen LogP contribution is -2.26. The van der Waals surface area contributed by atoms with E-state index >= 15 is 0 Å². The number of aryl methyl sites for hydroxylation is 1. The van der Waals surface area contributed by atoms with Crippen molar-refractivity contribution in [3.05, 3.63) is 47.8 Å². The van der Waals surface area contributed by atoms with E-state index in [-0.39, 0.29) is 5.91 Å². The second kappa shape index (κ2) is 7.77. The Balaban J connectivity index is 1.44. The van der Waals surface area contributed by atoms with Gasteiger partial charge in [0.1, 0.15) is 0 Å². The average Bonchev–Trinajstić information content (AvgIpc) is 2.61. The smallest absolute Gasteiger partial charge is 0.222 e. The van der Waals surface area contributed by atoms with Gasteiger partial charge in [-0.15, -0.1) is 0 Å². The summed E-state index contributed by atoms with van der Waals surface area (Å²) in [5.74, 6) is 0.567. The van der Waals surface area contributed by atoms with Crippen LogP contribution in [-0.4, -0.2) is 36.0 Å². The largest absolute Gasteiger partial charge is 0.374 e. The van der Waals surface area contributed by atoms with Crippen LogP contribution in [0.4, 0.5) is 11.6 Å². The summed E-state index contributed by atoms with van der Waals surface area (Å²) < 4.78 is 0. The lowest BCUT2D eigenvalue weighted by Gasteiger charge is -2.27. The molecule has 0 fully saturated rings. The van der Waals surface area contributed by atoms with Gasteiger partial charge in [0.2, 0.25) is 11.9 Å². The normalized spacial score (nSPS) is 13.3. The Morgan fingerprint density at radius 3 is 2.96 bits per heavy atom. The number of carbonyl (C=O) groups excluding carboxylic acids is 1. The summed E-state index contributed by atoms with van der Waals surface area (Å²) in [5.41, 5.74) is 3.83. The van der Waals surface area contributed by atoms with Crippen molar-refractivity contribution in [3.63, 3.8) is 0 Å². The Morgan fingerprint density at radius 1 is 1.29 bits per heavy atom. The number of aromatic nitrogens is 2. The van der Waals surface area contributed by atoms with Gasteiger partial charge >= 0.3 is 0 Å². The molecular formula is C18H23N5O. The number of nitrogens with one attached hydrogen (secondary N) is 2. The molecule has 0 aliphatic carbocycles. The average molecular weight is 325 g/mol. The summed E-state index contributed by atoms with van der Waals surface area (Å²) in [6, 6.07) is 8.22. The molecule has 24 heavy (non-hydrogen) atoms. The molecule has 2 N–H and O–H groups in total. The molecule has 1 aromatic heterocycles. The highest BCUT2D eigenvalue weighted by molar-refractivity contribution is 5.76. The van der Waals surface area contributed by atoms with Crippen molar-refractivity contribution < 1.29 is 4.79 Å². The number of benzene rings is 1. The molecule has 3 rings (SSSR count). The number of nitrogens with zero attached hydrogens (tertiary/aromatic N) is 3. The van der Waals surface area contributed by atoms with Gasteiger partial charge in [0.15, 0.2) is 0 Å². The molecular weight excluding hydrogens is 302 g/mol. The number of hydrogen-bond acceptors (Lipinski definition) is 5. The van der Waals surface area contributed by atoms with Crippen LogP contribution in [0.25, 0.3) is 0 Å². The third-order valence-electron chi connectivity index (χ3n) is 4.19. The van der Waals surface area contributed by atoms with Crippen LogP contribution in [0.15, 0.2) is 36.7 Å². The van der Waals surface area contributed by atoms with Crippen LogP contribution in [0.2, 0.25) is 0 Å². The quantitative estimate of drug-likeness (QED) is 0.850. The van der Waals surface area contributed by atoms with E-state index in [0.717, 1.165) is 18.5 Å². The zero-order valence-corrected chi connectivity index (χ0v) is 14.0. The first-order chi connectivity index (χ1) is 11.7. The number of rotatable bonds is 6. The van der Waals surface area contributed by atoms with E-state index in [1.807, 2.05) is 0 Å². The lowest BCUT2D eigenvalue weighted by atomic mass is 9.99. The summed E-state index contributed by atoms with van der Waals surface area (Å²) >= 11 is 0. The van der Waals surface area contributed by atoms with Crippen LogP contribution in [0, 0.1) is 0 Å². The number of hydrogen-bond donors (Lipinski definition) is 2. The number of carbonyl (C=O) groups is 1. The number of anilines is 2. The molecule has 0 atom stereocenters. The van der Waals surface area contributed by atoms with Gasteiger partial charge in [0, 0.05) is 51.2 Å². The van der Waals surface area contributed by atoms with Crippen molar-refractivity contribution in [2.45, 2.75) is 25.8 Å². The molecule has 1 aliphatic rings. The van der Waals surface area contributed by atoms with E-state index in [9.17, 15) is 4.79 Å². The van der Waals surface area contributed by atoms with Crippen LogP contribution in [0.1, 0.15) is 24.0 Å². The predicted octanol–water partition coefficient (Wildman–Crippen LogP) is 1.98. The van der Waals surface area contributed by atoms with Crippen LogP contribution in [0.5, 0.6) is 0 Å². The summed E-state index contributed by atoms with van der Waals surface area (Å²) in [4.78, 5) is 22.4. The van der Waals surface area contributed by atoms with Gasteiger partial charge in [-0.05, 0) is 36.1 Å². The molecule has 6 heteroatoms. The van der Waals surface area contributed by atoms with Crippen LogP contribution >= 0.6 is 0 Å². The highest BCUT2D eigenvalue weighted by Gasteiger charge is 2.13. The van der Waals surface area contributed by atoms with Gasteiger partial charge in [-0.3, -0.25) is 4.79 Å². The van der Waals surface area contributed by atoms with Gasteiger partial charge in [-0.1, -0.05) is 12.1 Å². The maximum Gasteiger partial charge on any atom is 0.222 e. The zero-order valence-electron chi connectivity index (χ0n) is 14.0. The Labute approximate surface area is 142 Å². The molecule has 1 aliphatic heterocycles. The summed E-state index contributed by atoms with van der Waals surface area (Å²) in [7, 11) is 2.13. The maximum atomic E-state index is 11.9. The van der Waals surface area contributed by atoms with Crippen LogP contribution in [-0.2, 0) is 17.8 Å². The van der Waals surface area contributed by atoms with Gasteiger partial charge in [0.25, 0.3) is 0 Å². The minimum absolute atomic E-state index is 0.0215. The molecule has 2 heterocycles. The summed E-state index contributed by atoms with van der Waals surface area (Å²) in [5, 5.41) is 6.00. The van der Waals surface area contributed by atoms with Crippen molar-refractivity contribution in [1.29, 1.82) is 0 Å². The molecule has 0 saturated carbocycles. The van der Waals surface area contributed by atoms with E-state index < -0.39 is 0 Å². The molecule has 0 unspecified atom stereocenters. The number of fused-ring (bicyclic) bond motifs is 1. The SMILES string of the molecule is CN1CCCc2cc(CNC(=O)CCNc3ncccn3)ccc21. The molecule has 126 valence electrons. The standard InChI is InChI=1S/C18H23N5O/c1-23-11-2-4-15-12-14(5-6-16(15)23)13-22-17(24)7-10-21-18-19-8-3-9-20-18/h3,5-6,8-9,12H,2,4,7,10-11,13H2,1H3,(H,22,24)(H,19,20,21). The second-order valence-corrected chi connectivity index (χ2v) is 6.01. The van der Waals surface area contributed by atoms with Crippen molar-refractivity contribution in [3.8, 4) is 0 Å². The fourth-order valence-electron chi connectivity index (χ4n) is 2.92.